The second kappa shape index (κ2) is 9.60. The van der Waals surface area contributed by atoms with E-state index in [9.17, 15) is 4.79 Å². The van der Waals surface area contributed by atoms with E-state index in [2.05, 4.69) is 38.3 Å². The summed E-state index contributed by atoms with van der Waals surface area (Å²) >= 11 is 0. The predicted molar refractivity (Wildman–Crippen MR) is 66.4 cm³/mol. The van der Waals surface area contributed by atoms with E-state index in [0.29, 0.717) is 31.6 Å². The van der Waals surface area contributed by atoms with Crippen LogP contribution in [0.5, 0.6) is 0 Å². The highest BCUT2D eigenvalue weighted by Gasteiger charge is 2.01. The van der Waals surface area contributed by atoms with Crippen molar-refractivity contribution in [2.45, 2.75) is 40.2 Å². The third kappa shape index (κ3) is 11.5. The smallest absolute Gasteiger partial charge is 0.222 e. The standard InChI is InChI=1S/C12H26N2O2/c1-10(2)9-14-12(15)5-7-16-8-6-13-11(3)4/h10-11,13H,5-9H2,1-4H3,(H,14,15). The van der Waals surface area contributed by atoms with E-state index < -0.39 is 0 Å². The lowest BCUT2D eigenvalue weighted by Gasteiger charge is -2.09. The Morgan fingerprint density at radius 2 is 1.88 bits per heavy atom. The lowest BCUT2D eigenvalue weighted by molar-refractivity contribution is -0.122. The first-order chi connectivity index (χ1) is 7.52. The molecule has 0 fully saturated rings. The topological polar surface area (TPSA) is 50.4 Å². The summed E-state index contributed by atoms with van der Waals surface area (Å²) in [7, 11) is 0. The van der Waals surface area contributed by atoms with Crippen molar-refractivity contribution in [1.82, 2.24) is 10.6 Å². The Morgan fingerprint density at radius 1 is 1.19 bits per heavy atom. The third-order valence-corrected chi connectivity index (χ3v) is 1.98. The molecule has 0 aromatic rings. The highest BCUT2D eigenvalue weighted by molar-refractivity contribution is 5.75. The average Bonchev–Trinajstić information content (AvgIpc) is 2.19. The van der Waals surface area contributed by atoms with Crippen molar-refractivity contribution >= 4 is 5.91 Å². The van der Waals surface area contributed by atoms with E-state index in [1.165, 1.54) is 0 Å². The Kier molecular flexibility index (Phi) is 9.24. The summed E-state index contributed by atoms with van der Waals surface area (Å²) in [6.45, 7) is 11.1. The number of ether oxygens (including phenoxy) is 1. The predicted octanol–water partition coefficient (Wildman–Crippen LogP) is 1.16. The van der Waals surface area contributed by atoms with Gasteiger partial charge in [-0.2, -0.15) is 0 Å². The molecule has 0 radical (unpaired) electrons. The first kappa shape index (κ1) is 15.4. The highest BCUT2D eigenvalue weighted by Crippen LogP contribution is 1.89. The summed E-state index contributed by atoms with van der Waals surface area (Å²) in [5.74, 6) is 0.575. The van der Waals surface area contributed by atoms with E-state index in [-0.39, 0.29) is 5.91 Å². The number of nitrogens with one attached hydrogen (secondary N) is 2. The largest absolute Gasteiger partial charge is 0.380 e. The molecule has 0 aliphatic rings. The number of hydrogen-bond acceptors (Lipinski definition) is 3. The van der Waals surface area contributed by atoms with Crippen LogP contribution in [-0.2, 0) is 9.53 Å². The maximum absolute atomic E-state index is 11.3. The van der Waals surface area contributed by atoms with Gasteiger partial charge < -0.3 is 15.4 Å². The van der Waals surface area contributed by atoms with Crippen molar-refractivity contribution < 1.29 is 9.53 Å². The summed E-state index contributed by atoms with van der Waals surface area (Å²) in [6, 6.07) is 0.484. The van der Waals surface area contributed by atoms with Crippen molar-refractivity contribution in [2.75, 3.05) is 26.3 Å². The maximum Gasteiger partial charge on any atom is 0.222 e. The molecule has 1 amide bonds. The van der Waals surface area contributed by atoms with Gasteiger partial charge in [-0.15, -0.1) is 0 Å². The zero-order valence-electron chi connectivity index (χ0n) is 11.0. The number of carbonyl (C=O) groups is 1. The van der Waals surface area contributed by atoms with Crippen molar-refractivity contribution in [3.8, 4) is 0 Å². The molecule has 2 N–H and O–H groups in total. The molecule has 0 aromatic carbocycles. The van der Waals surface area contributed by atoms with Crippen LogP contribution in [0.25, 0.3) is 0 Å². The van der Waals surface area contributed by atoms with E-state index in [1.54, 1.807) is 0 Å². The lowest BCUT2D eigenvalue weighted by Crippen LogP contribution is -2.29. The van der Waals surface area contributed by atoms with Crippen LogP contribution in [0.1, 0.15) is 34.1 Å². The monoisotopic (exact) mass is 230 g/mol. The quantitative estimate of drug-likeness (QED) is 0.584. The van der Waals surface area contributed by atoms with Gasteiger partial charge in [0.1, 0.15) is 0 Å². The van der Waals surface area contributed by atoms with Gasteiger partial charge in [0, 0.05) is 25.6 Å². The van der Waals surface area contributed by atoms with E-state index in [1.807, 2.05) is 0 Å². The SMILES string of the molecule is CC(C)CNC(=O)CCOCCNC(C)C. The molecule has 0 bridgehead atoms. The minimum Gasteiger partial charge on any atom is -0.380 e. The molecule has 0 spiro atoms. The van der Waals surface area contributed by atoms with E-state index in [0.717, 1.165) is 13.1 Å². The second-order valence-electron chi connectivity index (χ2n) is 4.67. The van der Waals surface area contributed by atoms with Crippen LogP contribution in [0, 0.1) is 5.92 Å². The molecule has 0 atom stereocenters. The lowest BCUT2D eigenvalue weighted by atomic mass is 10.2. The van der Waals surface area contributed by atoms with Crippen molar-refractivity contribution in [2.24, 2.45) is 5.92 Å². The summed E-state index contributed by atoms with van der Waals surface area (Å²) in [6.07, 6.45) is 0.453. The van der Waals surface area contributed by atoms with Gasteiger partial charge in [-0.25, -0.2) is 0 Å². The fourth-order valence-corrected chi connectivity index (χ4v) is 1.09. The molecule has 0 heterocycles. The molecule has 0 aromatic heterocycles. The number of rotatable bonds is 9. The summed E-state index contributed by atoms with van der Waals surface area (Å²) in [5, 5.41) is 6.10. The van der Waals surface area contributed by atoms with E-state index >= 15 is 0 Å². The van der Waals surface area contributed by atoms with Crippen LogP contribution < -0.4 is 10.6 Å². The summed E-state index contributed by atoms with van der Waals surface area (Å²) in [4.78, 5) is 11.3. The minimum atomic E-state index is 0.0746. The van der Waals surface area contributed by atoms with Crippen LogP contribution >= 0.6 is 0 Å². The Labute approximate surface area is 99.1 Å². The molecule has 96 valence electrons. The van der Waals surface area contributed by atoms with Gasteiger partial charge >= 0.3 is 0 Å². The van der Waals surface area contributed by atoms with Crippen LogP contribution in [0.15, 0.2) is 0 Å². The van der Waals surface area contributed by atoms with Gasteiger partial charge in [0.25, 0.3) is 0 Å². The molecule has 4 heteroatoms. The average molecular weight is 230 g/mol. The molecule has 16 heavy (non-hydrogen) atoms. The van der Waals surface area contributed by atoms with Crippen LogP contribution in [0.3, 0.4) is 0 Å². The molecule has 0 rings (SSSR count). The van der Waals surface area contributed by atoms with E-state index in [4.69, 9.17) is 4.74 Å². The van der Waals surface area contributed by atoms with Gasteiger partial charge in [0.05, 0.1) is 13.2 Å². The molecule has 4 nitrogen and oxygen atoms in total. The Bertz CT molecular complexity index is 182. The maximum atomic E-state index is 11.3. The molecule has 0 aliphatic carbocycles. The van der Waals surface area contributed by atoms with Crippen LogP contribution in [0.2, 0.25) is 0 Å². The highest BCUT2D eigenvalue weighted by atomic mass is 16.5. The van der Waals surface area contributed by atoms with Crippen molar-refractivity contribution in [3.63, 3.8) is 0 Å². The van der Waals surface area contributed by atoms with Gasteiger partial charge in [-0.05, 0) is 5.92 Å². The summed E-state index contributed by atoms with van der Waals surface area (Å²) < 4.78 is 5.34. The number of carbonyl (C=O) groups excluding carboxylic acids is 1. The molecule has 0 saturated carbocycles. The third-order valence-electron chi connectivity index (χ3n) is 1.98. The first-order valence-electron chi connectivity index (χ1n) is 6.10. The number of hydrogen-bond donors (Lipinski definition) is 2. The molecule has 0 saturated heterocycles. The first-order valence-corrected chi connectivity index (χ1v) is 6.10. The minimum absolute atomic E-state index is 0.0746. The Hall–Kier alpha value is -0.610. The van der Waals surface area contributed by atoms with Gasteiger partial charge in [0.2, 0.25) is 5.91 Å². The zero-order chi connectivity index (χ0) is 12.4. The van der Waals surface area contributed by atoms with Gasteiger partial charge in [-0.1, -0.05) is 27.7 Å². The van der Waals surface area contributed by atoms with Crippen LogP contribution in [-0.4, -0.2) is 38.3 Å². The van der Waals surface area contributed by atoms with Crippen molar-refractivity contribution in [3.05, 3.63) is 0 Å². The van der Waals surface area contributed by atoms with Gasteiger partial charge in [-0.3, -0.25) is 4.79 Å². The normalized spacial score (nSPS) is 11.1. The molecular weight excluding hydrogens is 204 g/mol. The fraction of sp³-hybridized carbons (Fsp3) is 0.917. The summed E-state index contributed by atoms with van der Waals surface area (Å²) in [5.41, 5.74) is 0. The second-order valence-corrected chi connectivity index (χ2v) is 4.67. The van der Waals surface area contributed by atoms with Gasteiger partial charge in [0.15, 0.2) is 0 Å². The Balaban J connectivity index is 3.21. The molecule has 0 aliphatic heterocycles. The zero-order valence-corrected chi connectivity index (χ0v) is 11.0. The van der Waals surface area contributed by atoms with Crippen LogP contribution in [0.4, 0.5) is 0 Å². The Morgan fingerprint density at radius 3 is 2.44 bits per heavy atom. The molecule has 0 unspecified atom stereocenters. The molecular formula is C12H26N2O2. The fourth-order valence-electron chi connectivity index (χ4n) is 1.09. The number of amides is 1. The van der Waals surface area contributed by atoms with Crippen molar-refractivity contribution in [1.29, 1.82) is 0 Å².